The van der Waals surface area contributed by atoms with Crippen molar-refractivity contribution in [3.63, 3.8) is 0 Å². The topological polar surface area (TPSA) is 72.8 Å². The van der Waals surface area contributed by atoms with Crippen molar-refractivity contribution in [2.75, 3.05) is 42.0 Å². The third-order valence-corrected chi connectivity index (χ3v) is 6.39. The molecule has 37 heavy (non-hydrogen) atoms. The van der Waals surface area contributed by atoms with E-state index in [1.807, 2.05) is 78.7 Å². The molecule has 0 saturated carbocycles. The summed E-state index contributed by atoms with van der Waals surface area (Å²) in [6, 6.07) is 20.9. The number of rotatable bonds is 10. The van der Waals surface area contributed by atoms with Crippen molar-refractivity contribution in [3.05, 3.63) is 83.4 Å². The minimum atomic E-state index is -0.347. The van der Waals surface area contributed by atoms with E-state index in [-0.39, 0.29) is 18.5 Å². The lowest BCUT2D eigenvalue weighted by Crippen LogP contribution is -2.36. The van der Waals surface area contributed by atoms with Gasteiger partial charge in [0.1, 0.15) is 23.0 Å². The molecule has 4 rings (SSSR count). The number of hydrazone groups is 1. The number of nitrogens with zero attached hydrogens (tertiary/aromatic N) is 3. The van der Waals surface area contributed by atoms with Gasteiger partial charge in [-0.15, -0.1) is 0 Å². The first-order chi connectivity index (χ1) is 18.0. The molecule has 0 saturated heterocycles. The van der Waals surface area contributed by atoms with Crippen LogP contribution in [0, 0.1) is 0 Å². The molecule has 8 heteroatoms. The minimum Gasteiger partial charge on any atom is -0.497 e. The maximum atomic E-state index is 13.6. The SMILES string of the molecule is COc1ccc(C2=NN(C(=O)CN(C)Cc3ccccc3)[C@H](c3ccc(OC)cc3OC)C2)c(OC)c1. The molecule has 0 bridgehead atoms. The number of amides is 1. The summed E-state index contributed by atoms with van der Waals surface area (Å²) < 4.78 is 22.0. The van der Waals surface area contributed by atoms with E-state index in [1.165, 1.54) is 0 Å². The van der Waals surface area contributed by atoms with E-state index in [9.17, 15) is 4.79 Å². The van der Waals surface area contributed by atoms with E-state index in [1.54, 1.807) is 33.4 Å². The van der Waals surface area contributed by atoms with Gasteiger partial charge in [0.15, 0.2) is 0 Å². The minimum absolute atomic E-state index is 0.108. The van der Waals surface area contributed by atoms with Crippen LogP contribution >= 0.6 is 0 Å². The quantitative estimate of drug-likeness (QED) is 0.405. The van der Waals surface area contributed by atoms with Gasteiger partial charge in [-0.05, 0) is 36.9 Å². The average molecular weight is 504 g/mol. The van der Waals surface area contributed by atoms with Gasteiger partial charge < -0.3 is 18.9 Å². The molecule has 1 aliphatic heterocycles. The molecule has 0 aromatic heterocycles. The molecule has 3 aromatic carbocycles. The highest BCUT2D eigenvalue weighted by atomic mass is 16.5. The number of ether oxygens (including phenoxy) is 4. The molecule has 3 aromatic rings. The van der Waals surface area contributed by atoms with Crippen LogP contribution in [0.5, 0.6) is 23.0 Å². The van der Waals surface area contributed by atoms with Crippen molar-refractivity contribution in [3.8, 4) is 23.0 Å². The number of hydrogen-bond acceptors (Lipinski definition) is 7. The Kier molecular flexibility index (Phi) is 8.30. The van der Waals surface area contributed by atoms with Crippen LogP contribution in [0.15, 0.2) is 71.8 Å². The van der Waals surface area contributed by atoms with Crippen molar-refractivity contribution >= 4 is 11.6 Å². The third kappa shape index (κ3) is 5.86. The Hall–Kier alpha value is -4.04. The Labute approximate surface area is 218 Å². The summed E-state index contributed by atoms with van der Waals surface area (Å²) in [4.78, 5) is 15.6. The van der Waals surface area contributed by atoms with E-state index in [2.05, 4.69) is 0 Å². The Morgan fingerprint density at radius 1 is 0.892 bits per heavy atom. The Balaban J connectivity index is 1.67. The lowest BCUT2D eigenvalue weighted by atomic mass is 9.97. The van der Waals surface area contributed by atoms with E-state index in [0.29, 0.717) is 36.0 Å². The second-order valence-corrected chi connectivity index (χ2v) is 8.84. The van der Waals surface area contributed by atoms with Gasteiger partial charge >= 0.3 is 0 Å². The molecule has 194 valence electrons. The van der Waals surface area contributed by atoms with Gasteiger partial charge in [-0.2, -0.15) is 5.10 Å². The highest BCUT2D eigenvalue weighted by Crippen LogP contribution is 2.40. The van der Waals surface area contributed by atoms with Crippen LogP contribution in [0.4, 0.5) is 0 Å². The maximum absolute atomic E-state index is 13.6. The normalized spacial score (nSPS) is 14.9. The molecule has 0 spiro atoms. The summed E-state index contributed by atoms with van der Waals surface area (Å²) in [7, 11) is 8.38. The van der Waals surface area contributed by atoms with Crippen molar-refractivity contribution in [1.29, 1.82) is 0 Å². The number of carbonyl (C=O) groups is 1. The van der Waals surface area contributed by atoms with Gasteiger partial charge in [0.2, 0.25) is 0 Å². The van der Waals surface area contributed by atoms with Crippen molar-refractivity contribution in [2.45, 2.75) is 19.0 Å². The molecule has 1 amide bonds. The largest absolute Gasteiger partial charge is 0.497 e. The molecular formula is C29H33N3O5. The second kappa shape index (κ2) is 11.8. The molecule has 0 fully saturated rings. The van der Waals surface area contributed by atoms with Crippen LogP contribution in [0.3, 0.4) is 0 Å². The van der Waals surface area contributed by atoms with Gasteiger partial charge in [-0.1, -0.05) is 30.3 Å². The zero-order chi connectivity index (χ0) is 26.4. The number of methoxy groups -OCH3 is 4. The molecule has 8 nitrogen and oxygen atoms in total. The first-order valence-corrected chi connectivity index (χ1v) is 12.0. The molecule has 0 radical (unpaired) electrons. The summed E-state index contributed by atoms with van der Waals surface area (Å²) in [6.45, 7) is 0.861. The van der Waals surface area contributed by atoms with E-state index in [0.717, 1.165) is 22.4 Å². The van der Waals surface area contributed by atoms with Gasteiger partial charge in [0.05, 0.1) is 46.7 Å². The predicted octanol–water partition coefficient (Wildman–Crippen LogP) is 4.53. The van der Waals surface area contributed by atoms with Crippen LogP contribution in [-0.2, 0) is 11.3 Å². The second-order valence-electron chi connectivity index (χ2n) is 8.84. The van der Waals surface area contributed by atoms with Gasteiger partial charge in [-0.25, -0.2) is 5.01 Å². The van der Waals surface area contributed by atoms with Crippen LogP contribution < -0.4 is 18.9 Å². The van der Waals surface area contributed by atoms with E-state index < -0.39 is 0 Å². The Morgan fingerprint density at radius 2 is 1.54 bits per heavy atom. The zero-order valence-corrected chi connectivity index (χ0v) is 21.9. The maximum Gasteiger partial charge on any atom is 0.257 e. The van der Waals surface area contributed by atoms with Crippen molar-refractivity contribution in [1.82, 2.24) is 9.91 Å². The Morgan fingerprint density at radius 3 is 2.19 bits per heavy atom. The summed E-state index contributed by atoms with van der Waals surface area (Å²) in [5.41, 5.74) is 3.56. The fourth-order valence-corrected chi connectivity index (χ4v) is 4.53. The highest BCUT2D eigenvalue weighted by molar-refractivity contribution is 6.05. The highest BCUT2D eigenvalue weighted by Gasteiger charge is 2.36. The van der Waals surface area contributed by atoms with E-state index in [4.69, 9.17) is 24.0 Å². The summed E-state index contributed by atoms with van der Waals surface area (Å²) >= 11 is 0. The van der Waals surface area contributed by atoms with Crippen LogP contribution in [-0.4, -0.2) is 63.6 Å². The van der Waals surface area contributed by atoms with Gasteiger partial charge in [0.25, 0.3) is 5.91 Å². The first kappa shape index (κ1) is 26.0. The number of carbonyl (C=O) groups excluding carboxylic acids is 1. The number of likely N-dealkylation sites (N-methyl/N-ethyl adjacent to an activating group) is 1. The molecule has 1 heterocycles. The van der Waals surface area contributed by atoms with E-state index >= 15 is 0 Å². The standard InChI is InChI=1S/C29H33N3O5/c1-31(18-20-9-7-6-8-10-20)19-29(33)32-26(24-14-12-22(35-3)16-28(24)37-5)17-25(30-32)23-13-11-21(34-2)15-27(23)36-4/h6-16,26H,17-19H2,1-5H3/t26-/m0/s1. The smallest absolute Gasteiger partial charge is 0.257 e. The molecule has 0 unspecified atom stereocenters. The number of hydrogen-bond donors (Lipinski definition) is 0. The lowest BCUT2D eigenvalue weighted by Gasteiger charge is -2.26. The predicted molar refractivity (Wildman–Crippen MR) is 143 cm³/mol. The van der Waals surface area contributed by atoms with Crippen molar-refractivity contribution in [2.24, 2.45) is 5.10 Å². The molecule has 0 aliphatic carbocycles. The summed E-state index contributed by atoms with van der Waals surface area (Å²) in [6.07, 6.45) is 0.500. The van der Waals surface area contributed by atoms with Gasteiger partial charge in [0, 0.05) is 36.2 Å². The zero-order valence-electron chi connectivity index (χ0n) is 21.9. The van der Waals surface area contributed by atoms with Crippen LogP contribution in [0.2, 0.25) is 0 Å². The molecule has 0 N–H and O–H groups in total. The monoisotopic (exact) mass is 503 g/mol. The number of benzene rings is 3. The summed E-state index contributed by atoms with van der Waals surface area (Å²) in [5.74, 6) is 2.52. The average Bonchev–Trinajstić information content (AvgIpc) is 3.38. The molecule has 1 atom stereocenters. The van der Waals surface area contributed by atoms with Crippen LogP contribution in [0.25, 0.3) is 0 Å². The van der Waals surface area contributed by atoms with Gasteiger partial charge in [-0.3, -0.25) is 9.69 Å². The first-order valence-electron chi connectivity index (χ1n) is 12.0. The summed E-state index contributed by atoms with van der Waals surface area (Å²) in [5, 5.41) is 6.40. The molecular weight excluding hydrogens is 470 g/mol. The molecule has 1 aliphatic rings. The fraction of sp³-hybridized carbons (Fsp3) is 0.310. The van der Waals surface area contributed by atoms with Crippen LogP contribution in [0.1, 0.15) is 29.2 Å². The fourth-order valence-electron chi connectivity index (χ4n) is 4.53. The lowest BCUT2D eigenvalue weighted by molar-refractivity contribution is -0.134. The Bertz CT molecular complexity index is 1260. The third-order valence-electron chi connectivity index (χ3n) is 6.39. The van der Waals surface area contributed by atoms with Crippen molar-refractivity contribution < 1.29 is 23.7 Å².